The summed E-state index contributed by atoms with van der Waals surface area (Å²) in [6, 6.07) is -0.726. The van der Waals surface area contributed by atoms with Gasteiger partial charge in [0.2, 0.25) is 11.8 Å². The maximum absolute atomic E-state index is 11.5. The summed E-state index contributed by atoms with van der Waals surface area (Å²) in [5.41, 5.74) is 9.39. The van der Waals surface area contributed by atoms with E-state index in [4.69, 9.17) is 23.7 Å². The minimum Gasteiger partial charge on any atom is -0.392 e. The highest BCUT2D eigenvalue weighted by Crippen LogP contribution is 2.15. The lowest BCUT2D eigenvalue weighted by atomic mass is 9.92. The zero-order chi connectivity index (χ0) is 11.5. The average Bonchev–Trinajstić information content (AvgIpc) is 2.03. The van der Waals surface area contributed by atoms with Gasteiger partial charge in [-0.15, -0.1) is 0 Å². The van der Waals surface area contributed by atoms with Gasteiger partial charge in [-0.25, -0.2) is 0 Å². The third kappa shape index (κ3) is 2.95. The Bertz CT molecular complexity index is 276. The number of carbonyl (C=O) groups is 2. The molecule has 80 valence electrons. The summed E-state index contributed by atoms with van der Waals surface area (Å²) in [6.45, 7) is 4.66. The Hall–Kier alpha value is -1.17. The standard InChI is InChI=1S/C8H15N3O2S/c1-4(5(9)12)11-7(13)8(2,3)6(10)14/h4H,1-3H3,(H2,9,12)(H2,10,14)(H,11,13). The summed E-state index contributed by atoms with van der Waals surface area (Å²) in [5.74, 6) is -1.01. The van der Waals surface area contributed by atoms with Crippen molar-refractivity contribution in [2.45, 2.75) is 26.8 Å². The zero-order valence-electron chi connectivity index (χ0n) is 8.46. The lowest BCUT2D eigenvalue weighted by Gasteiger charge is -2.23. The molecular weight excluding hydrogens is 202 g/mol. The first-order chi connectivity index (χ1) is 6.19. The molecule has 0 aliphatic heterocycles. The van der Waals surface area contributed by atoms with Crippen molar-refractivity contribution >= 4 is 29.0 Å². The molecule has 0 aromatic carbocycles. The van der Waals surface area contributed by atoms with Gasteiger partial charge in [0.25, 0.3) is 0 Å². The molecule has 2 amide bonds. The first-order valence-electron chi connectivity index (χ1n) is 4.09. The van der Waals surface area contributed by atoms with Crippen molar-refractivity contribution < 1.29 is 9.59 Å². The van der Waals surface area contributed by atoms with Crippen LogP contribution >= 0.6 is 12.2 Å². The summed E-state index contributed by atoms with van der Waals surface area (Å²) >= 11 is 4.73. The topological polar surface area (TPSA) is 98.2 Å². The number of amides is 2. The van der Waals surface area contributed by atoms with Crippen LogP contribution in [0.25, 0.3) is 0 Å². The molecule has 0 rings (SSSR count). The highest BCUT2D eigenvalue weighted by atomic mass is 32.1. The summed E-state index contributed by atoms with van der Waals surface area (Å²) in [4.78, 5) is 22.3. The number of hydrogen-bond acceptors (Lipinski definition) is 3. The average molecular weight is 217 g/mol. The number of hydrogen-bond donors (Lipinski definition) is 3. The van der Waals surface area contributed by atoms with Gasteiger partial charge in [-0.1, -0.05) is 12.2 Å². The Balaban J connectivity index is 4.50. The van der Waals surface area contributed by atoms with Gasteiger partial charge >= 0.3 is 0 Å². The molecule has 1 atom stereocenters. The summed E-state index contributed by atoms with van der Waals surface area (Å²) in [6.07, 6.45) is 0. The SMILES string of the molecule is CC(NC(=O)C(C)(C)C(N)=S)C(N)=O. The minimum absolute atomic E-state index is 0.0756. The molecule has 6 heteroatoms. The van der Waals surface area contributed by atoms with Gasteiger partial charge in [-0.2, -0.15) is 0 Å². The molecule has 0 spiro atoms. The van der Waals surface area contributed by atoms with E-state index in [-0.39, 0.29) is 4.99 Å². The largest absolute Gasteiger partial charge is 0.392 e. The number of nitrogens with two attached hydrogens (primary N) is 2. The first-order valence-corrected chi connectivity index (χ1v) is 4.50. The molecule has 0 aliphatic carbocycles. The number of primary amides is 1. The van der Waals surface area contributed by atoms with Crippen LogP contribution in [0.1, 0.15) is 20.8 Å². The molecule has 0 saturated heterocycles. The Morgan fingerprint density at radius 3 is 2.07 bits per heavy atom. The van der Waals surface area contributed by atoms with Crippen molar-refractivity contribution in [3.63, 3.8) is 0 Å². The van der Waals surface area contributed by atoms with E-state index in [1.165, 1.54) is 6.92 Å². The second-order valence-corrected chi connectivity index (χ2v) is 4.03. The van der Waals surface area contributed by atoms with E-state index >= 15 is 0 Å². The minimum atomic E-state index is -0.973. The fourth-order valence-corrected chi connectivity index (χ4v) is 0.653. The van der Waals surface area contributed by atoms with Crippen LogP contribution in [-0.4, -0.2) is 22.8 Å². The number of thiocarbonyl (C=S) groups is 1. The molecule has 0 aliphatic rings. The van der Waals surface area contributed by atoms with Crippen LogP contribution in [0.3, 0.4) is 0 Å². The van der Waals surface area contributed by atoms with Crippen LogP contribution in [0.2, 0.25) is 0 Å². The maximum Gasteiger partial charge on any atom is 0.239 e. The smallest absolute Gasteiger partial charge is 0.239 e. The Labute approximate surface area is 88.2 Å². The molecule has 0 saturated carbocycles. The van der Waals surface area contributed by atoms with Crippen LogP contribution in [0.15, 0.2) is 0 Å². The molecule has 0 radical (unpaired) electrons. The van der Waals surface area contributed by atoms with Crippen LogP contribution in [-0.2, 0) is 9.59 Å². The van der Waals surface area contributed by atoms with E-state index in [0.717, 1.165) is 0 Å². The van der Waals surface area contributed by atoms with Crippen LogP contribution in [0.5, 0.6) is 0 Å². The molecule has 1 unspecified atom stereocenters. The van der Waals surface area contributed by atoms with Gasteiger partial charge in [-0.3, -0.25) is 9.59 Å². The second-order valence-electron chi connectivity index (χ2n) is 3.59. The van der Waals surface area contributed by atoms with E-state index in [1.54, 1.807) is 13.8 Å². The lowest BCUT2D eigenvalue weighted by Crippen LogP contribution is -2.51. The third-order valence-corrected chi connectivity index (χ3v) is 2.47. The quantitative estimate of drug-likeness (QED) is 0.542. The molecule has 0 heterocycles. The fourth-order valence-electron chi connectivity index (χ4n) is 0.560. The van der Waals surface area contributed by atoms with Gasteiger partial charge in [0.15, 0.2) is 0 Å². The molecule has 0 aromatic rings. The summed E-state index contributed by atoms with van der Waals surface area (Å²) < 4.78 is 0. The Kier molecular flexibility index (Phi) is 4.00. The molecule has 0 bridgehead atoms. The first kappa shape index (κ1) is 12.8. The molecule has 0 aromatic heterocycles. The molecule has 0 fully saturated rings. The Morgan fingerprint density at radius 1 is 1.36 bits per heavy atom. The maximum atomic E-state index is 11.5. The predicted octanol–water partition coefficient (Wildman–Crippen LogP) is -0.711. The molecule has 5 N–H and O–H groups in total. The highest BCUT2D eigenvalue weighted by Gasteiger charge is 2.32. The third-order valence-electron chi connectivity index (χ3n) is 1.96. The van der Waals surface area contributed by atoms with Crippen molar-refractivity contribution in [2.75, 3.05) is 0 Å². The Morgan fingerprint density at radius 2 is 1.79 bits per heavy atom. The van der Waals surface area contributed by atoms with E-state index in [9.17, 15) is 9.59 Å². The van der Waals surface area contributed by atoms with Crippen molar-refractivity contribution in [2.24, 2.45) is 16.9 Å². The number of nitrogens with one attached hydrogen (secondary N) is 1. The van der Waals surface area contributed by atoms with Gasteiger partial charge in [0.1, 0.15) is 6.04 Å². The van der Waals surface area contributed by atoms with Crippen molar-refractivity contribution in [1.82, 2.24) is 5.32 Å². The lowest BCUT2D eigenvalue weighted by molar-refractivity contribution is -0.130. The van der Waals surface area contributed by atoms with Crippen LogP contribution in [0.4, 0.5) is 0 Å². The molecule has 14 heavy (non-hydrogen) atoms. The van der Waals surface area contributed by atoms with E-state index in [1.807, 2.05) is 0 Å². The zero-order valence-corrected chi connectivity index (χ0v) is 9.27. The fraction of sp³-hybridized carbons (Fsp3) is 0.625. The van der Waals surface area contributed by atoms with Gasteiger partial charge in [0, 0.05) is 0 Å². The van der Waals surface area contributed by atoms with Gasteiger partial charge < -0.3 is 16.8 Å². The van der Waals surface area contributed by atoms with Gasteiger partial charge in [0.05, 0.1) is 10.4 Å². The van der Waals surface area contributed by atoms with E-state index in [2.05, 4.69) is 5.32 Å². The summed E-state index contributed by atoms with van der Waals surface area (Å²) in [5, 5.41) is 2.42. The number of rotatable bonds is 4. The summed E-state index contributed by atoms with van der Waals surface area (Å²) in [7, 11) is 0. The van der Waals surface area contributed by atoms with Gasteiger partial charge in [-0.05, 0) is 20.8 Å². The van der Waals surface area contributed by atoms with E-state index < -0.39 is 23.3 Å². The monoisotopic (exact) mass is 217 g/mol. The van der Waals surface area contributed by atoms with E-state index in [0.29, 0.717) is 0 Å². The second kappa shape index (κ2) is 4.36. The van der Waals surface area contributed by atoms with Crippen molar-refractivity contribution in [3.8, 4) is 0 Å². The predicted molar refractivity (Wildman–Crippen MR) is 57.4 cm³/mol. The highest BCUT2D eigenvalue weighted by molar-refractivity contribution is 7.80. The molecular formula is C8H15N3O2S. The van der Waals surface area contributed by atoms with Crippen LogP contribution in [0, 0.1) is 5.41 Å². The van der Waals surface area contributed by atoms with Crippen molar-refractivity contribution in [3.05, 3.63) is 0 Å². The van der Waals surface area contributed by atoms with Crippen molar-refractivity contribution in [1.29, 1.82) is 0 Å². The normalized spacial score (nSPS) is 13.1. The van der Waals surface area contributed by atoms with Crippen LogP contribution < -0.4 is 16.8 Å². The molecule has 5 nitrogen and oxygen atoms in total. The number of carbonyl (C=O) groups excluding carboxylic acids is 2.